The van der Waals surface area contributed by atoms with Crippen LogP contribution >= 0.6 is 11.6 Å². The van der Waals surface area contributed by atoms with Crippen LogP contribution in [0.2, 0.25) is 5.02 Å². The van der Waals surface area contributed by atoms with Crippen molar-refractivity contribution >= 4 is 17.7 Å². The molecule has 0 aromatic heterocycles. The Bertz CT molecular complexity index is 1150. The number of ether oxygens (including phenoxy) is 2. The Balaban J connectivity index is 1.39. The molecule has 6 heteroatoms. The van der Waals surface area contributed by atoms with Crippen LogP contribution in [0.5, 0.6) is 5.75 Å². The van der Waals surface area contributed by atoms with Crippen molar-refractivity contribution in [3.63, 3.8) is 0 Å². The molecule has 0 spiro atoms. The molecule has 1 heterocycles. The van der Waals surface area contributed by atoms with E-state index in [0.29, 0.717) is 12.5 Å². The fraction of sp³-hybridized carbons (Fsp3) is 0.581. The van der Waals surface area contributed by atoms with Gasteiger partial charge >= 0.3 is 6.09 Å². The van der Waals surface area contributed by atoms with Crippen LogP contribution in [0.3, 0.4) is 0 Å². The fourth-order valence-electron chi connectivity index (χ4n) is 6.88. The standard InChI is InChI=1S/C31H41ClN2O3/c1-19(2)31(4)12-11-24(23-10-9-22(32)15-20(23)3)29(18-31)37-30(35)34-14-13-33-26-17-25-21(16-27(26)34)7-6-8-28(25)36-5/h6-10,15,19,24,26-27,29,33H,11-14,16-18H2,1-5H3/t24?,26-,27-,29?,31?/m1/s1. The van der Waals surface area contributed by atoms with E-state index in [1.54, 1.807) is 7.11 Å². The molecule has 1 saturated carbocycles. The maximum absolute atomic E-state index is 13.9. The number of amides is 1. The first-order valence-corrected chi connectivity index (χ1v) is 14.2. The highest BCUT2D eigenvalue weighted by Gasteiger charge is 2.45. The Morgan fingerprint density at radius 2 is 2.03 bits per heavy atom. The topological polar surface area (TPSA) is 50.8 Å². The SMILES string of the molecule is COc1cccc2c1C[C@H]1NCCN(C(=O)OC3CC(C)(C(C)C)CCC3c3ccc(Cl)cc3C)[C@@H]1C2. The minimum atomic E-state index is -0.169. The lowest BCUT2D eigenvalue weighted by Gasteiger charge is -2.47. The number of carbonyl (C=O) groups excluding carboxylic acids is 1. The van der Waals surface area contributed by atoms with Crippen LogP contribution in [0.4, 0.5) is 4.79 Å². The molecule has 3 unspecified atom stereocenters. The third kappa shape index (κ3) is 5.09. The van der Waals surface area contributed by atoms with Gasteiger partial charge in [0, 0.05) is 30.1 Å². The van der Waals surface area contributed by atoms with Crippen molar-refractivity contribution in [2.24, 2.45) is 11.3 Å². The summed E-state index contributed by atoms with van der Waals surface area (Å²) in [4.78, 5) is 15.9. The molecule has 3 aliphatic rings. The second-order valence-corrected chi connectivity index (χ2v) is 12.3. The fourth-order valence-corrected chi connectivity index (χ4v) is 7.11. The predicted octanol–water partition coefficient (Wildman–Crippen LogP) is 6.53. The largest absolute Gasteiger partial charge is 0.496 e. The number of nitrogens with one attached hydrogen (secondary N) is 1. The number of nitrogens with zero attached hydrogens (tertiary/aromatic N) is 1. The highest BCUT2D eigenvalue weighted by molar-refractivity contribution is 6.30. The zero-order valence-electron chi connectivity index (χ0n) is 22.9. The molecule has 2 aromatic carbocycles. The molecule has 37 heavy (non-hydrogen) atoms. The van der Waals surface area contributed by atoms with E-state index >= 15 is 0 Å². The molecular weight excluding hydrogens is 484 g/mol. The maximum Gasteiger partial charge on any atom is 0.410 e. The van der Waals surface area contributed by atoms with Crippen molar-refractivity contribution in [1.82, 2.24) is 10.2 Å². The quantitative estimate of drug-likeness (QED) is 0.493. The van der Waals surface area contributed by atoms with Crippen LogP contribution in [0.25, 0.3) is 0 Å². The number of benzene rings is 2. The van der Waals surface area contributed by atoms with Crippen LogP contribution in [0, 0.1) is 18.3 Å². The van der Waals surface area contributed by atoms with E-state index in [9.17, 15) is 4.79 Å². The van der Waals surface area contributed by atoms with E-state index in [1.165, 1.54) is 22.3 Å². The van der Waals surface area contributed by atoms with E-state index in [0.717, 1.165) is 49.4 Å². The smallest absolute Gasteiger partial charge is 0.410 e. The van der Waals surface area contributed by atoms with Gasteiger partial charge < -0.3 is 19.7 Å². The van der Waals surface area contributed by atoms with Gasteiger partial charge in [-0.1, -0.05) is 50.6 Å². The van der Waals surface area contributed by atoms with Gasteiger partial charge in [-0.3, -0.25) is 0 Å². The number of methoxy groups -OCH3 is 1. The second-order valence-electron chi connectivity index (χ2n) is 11.9. The third-order valence-corrected chi connectivity index (χ3v) is 9.82. The number of hydrogen-bond acceptors (Lipinski definition) is 4. The third-order valence-electron chi connectivity index (χ3n) is 9.58. The minimum absolute atomic E-state index is 0.0802. The van der Waals surface area contributed by atoms with E-state index in [4.69, 9.17) is 21.1 Å². The lowest BCUT2D eigenvalue weighted by Crippen LogP contribution is -2.63. The van der Waals surface area contributed by atoms with Crippen LogP contribution in [-0.4, -0.2) is 49.4 Å². The average molecular weight is 525 g/mol. The molecule has 1 amide bonds. The molecule has 1 N–H and O–H groups in total. The molecule has 5 nitrogen and oxygen atoms in total. The van der Waals surface area contributed by atoms with Crippen molar-refractivity contribution in [3.05, 3.63) is 63.7 Å². The summed E-state index contributed by atoms with van der Waals surface area (Å²) < 4.78 is 12.1. The van der Waals surface area contributed by atoms with Crippen molar-refractivity contribution < 1.29 is 14.3 Å². The molecule has 5 atom stereocenters. The molecular formula is C31H41ClN2O3. The monoisotopic (exact) mass is 524 g/mol. The molecule has 0 bridgehead atoms. The Morgan fingerprint density at radius 3 is 2.76 bits per heavy atom. The van der Waals surface area contributed by atoms with Crippen molar-refractivity contribution in [2.45, 2.75) is 83.9 Å². The first-order chi connectivity index (χ1) is 17.7. The van der Waals surface area contributed by atoms with Gasteiger partial charge in [0.25, 0.3) is 0 Å². The molecule has 1 aliphatic heterocycles. The number of hydrogen-bond donors (Lipinski definition) is 1. The van der Waals surface area contributed by atoms with Crippen LogP contribution in [0.1, 0.15) is 68.2 Å². The van der Waals surface area contributed by atoms with Crippen LogP contribution < -0.4 is 10.1 Å². The van der Waals surface area contributed by atoms with Gasteiger partial charge in [-0.05, 0) is 90.8 Å². The number of fused-ring (bicyclic) bond motifs is 2. The van der Waals surface area contributed by atoms with Gasteiger partial charge in [-0.25, -0.2) is 4.79 Å². The van der Waals surface area contributed by atoms with Gasteiger partial charge in [0.1, 0.15) is 11.9 Å². The van der Waals surface area contributed by atoms with Gasteiger partial charge in [-0.2, -0.15) is 0 Å². The van der Waals surface area contributed by atoms with Gasteiger partial charge in [-0.15, -0.1) is 0 Å². The Morgan fingerprint density at radius 1 is 1.22 bits per heavy atom. The minimum Gasteiger partial charge on any atom is -0.496 e. The summed E-state index contributed by atoms with van der Waals surface area (Å²) in [6, 6.07) is 12.7. The van der Waals surface area contributed by atoms with E-state index in [2.05, 4.69) is 45.1 Å². The number of rotatable bonds is 4. The molecule has 2 aromatic rings. The van der Waals surface area contributed by atoms with Crippen LogP contribution in [0.15, 0.2) is 36.4 Å². The molecule has 0 radical (unpaired) electrons. The van der Waals surface area contributed by atoms with Crippen LogP contribution in [-0.2, 0) is 17.6 Å². The number of piperazine rings is 1. The second kappa shape index (κ2) is 10.5. The summed E-state index contributed by atoms with van der Waals surface area (Å²) in [5, 5.41) is 4.41. The Labute approximate surface area is 226 Å². The van der Waals surface area contributed by atoms with E-state index in [-0.39, 0.29) is 35.6 Å². The lowest BCUT2D eigenvalue weighted by molar-refractivity contribution is -0.0247. The average Bonchev–Trinajstić information content (AvgIpc) is 2.87. The zero-order chi connectivity index (χ0) is 26.3. The molecule has 200 valence electrons. The van der Waals surface area contributed by atoms with Crippen molar-refractivity contribution in [1.29, 1.82) is 0 Å². The van der Waals surface area contributed by atoms with E-state index < -0.39 is 0 Å². The molecule has 1 saturated heterocycles. The highest BCUT2D eigenvalue weighted by atomic mass is 35.5. The van der Waals surface area contributed by atoms with Crippen molar-refractivity contribution in [3.8, 4) is 5.75 Å². The summed E-state index contributed by atoms with van der Waals surface area (Å²) in [6.07, 6.45) is 4.36. The summed E-state index contributed by atoms with van der Waals surface area (Å²) in [5.74, 6) is 1.64. The first-order valence-electron chi connectivity index (χ1n) is 13.8. The Hall–Kier alpha value is -2.24. The van der Waals surface area contributed by atoms with Crippen molar-refractivity contribution in [2.75, 3.05) is 20.2 Å². The van der Waals surface area contributed by atoms with E-state index in [1.807, 2.05) is 29.2 Å². The first kappa shape index (κ1) is 26.4. The number of carbonyl (C=O) groups is 1. The molecule has 5 rings (SSSR count). The summed E-state index contributed by atoms with van der Waals surface area (Å²) in [7, 11) is 1.73. The summed E-state index contributed by atoms with van der Waals surface area (Å²) >= 11 is 6.28. The van der Waals surface area contributed by atoms with Gasteiger partial charge in [0.05, 0.1) is 13.2 Å². The maximum atomic E-state index is 13.9. The zero-order valence-corrected chi connectivity index (χ0v) is 23.6. The number of halogens is 1. The summed E-state index contributed by atoms with van der Waals surface area (Å²) in [6.45, 7) is 10.5. The Kier molecular flexibility index (Phi) is 7.48. The predicted molar refractivity (Wildman–Crippen MR) is 149 cm³/mol. The highest BCUT2D eigenvalue weighted by Crippen LogP contribution is 2.49. The van der Waals surface area contributed by atoms with Gasteiger partial charge in [0.15, 0.2) is 0 Å². The molecule has 2 aliphatic carbocycles. The summed E-state index contributed by atoms with van der Waals surface area (Å²) in [5.41, 5.74) is 5.10. The number of aryl methyl sites for hydroxylation is 1. The normalized spacial score (nSPS) is 29.4. The lowest BCUT2D eigenvalue weighted by atomic mass is 9.63. The van der Waals surface area contributed by atoms with Gasteiger partial charge in [0.2, 0.25) is 0 Å². The molecule has 2 fully saturated rings.